The van der Waals surface area contributed by atoms with Crippen molar-refractivity contribution < 1.29 is 4.79 Å². The van der Waals surface area contributed by atoms with Crippen molar-refractivity contribution in [2.75, 3.05) is 13.1 Å². The van der Waals surface area contributed by atoms with Gasteiger partial charge in [-0.25, -0.2) is 9.97 Å². The standard InChI is InChI=1S/C17H18N4O.C11H10N4/c22-17(11-5-1-2-6-11)21-14-9-10-18-15(14)16-19-12-7-3-4-8-13(12)20-16;12-7-5-6-13-10(7)11-14-8-3-1-2-4-9(8)15-11/h3-4,7-9,11H,1-2,5-6,10H2,(H,19,20)(H,21,22);1-5H,6,12H2,(H,14,15). The number of H-pyrrole nitrogens is 2. The van der Waals surface area contributed by atoms with Gasteiger partial charge < -0.3 is 21.0 Å². The molecule has 2 aliphatic heterocycles. The quantitative estimate of drug-likeness (QED) is 0.345. The van der Waals surface area contributed by atoms with Crippen LogP contribution >= 0.6 is 0 Å². The monoisotopic (exact) mass is 492 g/mol. The fourth-order valence-electron chi connectivity index (χ4n) is 4.91. The van der Waals surface area contributed by atoms with Crippen molar-refractivity contribution in [3.8, 4) is 0 Å². The van der Waals surface area contributed by atoms with E-state index in [1.54, 1.807) is 0 Å². The van der Waals surface area contributed by atoms with Gasteiger partial charge in [0, 0.05) is 5.92 Å². The molecule has 0 unspecified atom stereocenters. The highest BCUT2D eigenvalue weighted by molar-refractivity contribution is 6.14. The average Bonchev–Trinajstić information content (AvgIpc) is 3.73. The molecule has 9 heteroatoms. The van der Waals surface area contributed by atoms with Crippen LogP contribution in [0.1, 0.15) is 37.3 Å². The molecule has 7 rings (SSSR count). The van der Waals surface area contributed by atoms with E-state index in [1.807, 2.05) is 60.7 Å². The molecule has 37 heavy (non-hydrogen) atoms. The van der Waals surface area contributed by atoms with E-state index in [4.69, 9.17) is 5.73 Å². The van der Waals surface area contributed by atoms with Crippen LogP contribution in [0, 0.1) is 5.92 Å². The van der Waals surface area contributed by atoms with E-state index in [2.05, 4.69) is 35.2 Å². The third-order valence-corrected chi connectivity index (χ3v) is 6.85. The molecule has 0 radical (unpaired) electrons. The molecule has 1 fully saturated rings. The fourth-order valence-corrected chi connectivity index (χ4v) is 4.91. The third-order valence-electron chi connectivity index (χ3n) is 6.85. The molecule has 0 atom stereocenters. The zero-order chi connectivity index (χ0) is 25.2. The second-order valence-electron chi connectivity index (χ2n) is 9.33. The lowest BCUT2D eigenvalue weighted by molar-refractivity contribution is -0.123. The molecule has 1 aliphatic carbocycles. The second kappa shape index (κ2) is 9.85. The molecule has 1 amide bonds. The molecule has 2 aromatic heterocycles. The van der Waals surface area contributed by atoms with E-state index in [0.717, 1.165) is 76.5 Å². The van der Waals surface area contributed by atoms with Crippen LogP contribution in [0.3, 0.4) is 0 Å². The number of nitrogens with one attached hydrogen (secondary N) is 3. The lowest BCUT2D eigenvalue weighted by Gasteiger charge is -2.11. The Morgan fingerprint density at radius 2 is 1.38 bits per heavy atom. The first kappa shape index (κ1) is 22.9. The van der Waals surface area contributed by atoms with Gasteiger partial charge in [0.2, 0.25) is 5.91 Å². The summed E-state index contributed by atoms with van der Waals surface area (Å²) in [4.78, 5) is 36.6. The van der Waals surface area contributed by atoms with E-state index >= 15 is 0 Å². The Morgan fingerprint density at radius 1 is 0.811 bits per heavy atom. The summed E-state index contributed by atoms with van der Waals surface area (Å²) in [6, 6.07) is 15.8. The first-order valence-corrected chi connectivity index (χ1v) is 12.6. The highest BCUT2D eigenvalue weighted by Crippen LogP contribution is 2.25. The van der Waals surface area contributed by atoms with Crippen LogP contribution in [0.15, 0.2) is 82.1 Å². The SMILES string of the molecule is NC1=CCN=C1c1nc2ccccc2[nH]1.O=C(NC1=CCN=C1c1nc2ccccc2[nH]1)C1CCCC1. The van der Waals surface area contributed by atoms with Gasteiger partial charge in [-0.05, 0) is 49.3 Å². The molecule has 1 saturated carbocycles. The Balaban J connectivity index is 0.000000146. The van der Waals surface area contributed by atoms with Gasteiger partial charge in [-0.3, -0.25) is 14.8 Å². The summed E-state index contributed by atoms with van der Waals surface area (Å²) in [6.07, 6.45) is 8.15. The summed E-state index contributed by atoms with van der Waals surface area (Å²) in [5.74, 6) is 1.74. The van der Waals surface area contributed by atoms with Gasteiger partial charge in [0.05, 0.1) is 46.6 Å². The maximum absolute atomic E-state index is 12.3. The van der Waals surface area contributed by atoms with Crippen LogP contribution in [0.5, 0.6) is 0 Å². The first-order chi connectivity index (χ1) is 18.2. The van der Waals surface area contributed by atoms with E-state index in [1.165, 1.54) is 0 Å². The molecule has 0 spiro atoms. The van der Waals surface area contributed by atoms with Crippen LogP contribution < -0.4 is 11.1 Å². The molecule has 0 bridgehead atoms. The molecule has 3 aliphatic rings. The molecule has 4 aromatic rings. The van der Waals surface area contributed by atoms with Gasteiger partial charge >= 0.3 is 0 Å². The topological polar surface area (TPSA) is 137 Å². The number of aromatic amines is 2. The van der Waals surface area contributed by atoms with Crippen molar-refractivity contribution >= 4 is 39.4 Å². The number of carbonyl (C=O) groups excluding carboxylic acids is 1. The smallest absolute Gasteiger partial charge is 0.227 e. The van der Waals surface area contributed by atoms with Crippen LogP contribution in [-0.2, 0) is 4.79 Å². The molecule has 5 N–H and O–H groups in total. The Labute approximate surface area is 213 Å². The Bertz CT molecular complexity index is 1530. The average molecular weight is 493 g/mol. The molecular weight excluding hydrogens is 464 g/mol. The molecule has 0 saturated heterocycles. The van der Waals surface area contributed by atoms with E-state index in [0.29, 0.717) is 18.8 Å². The predicted octanol–water partition coefficient (Wildman–Crippen LogP) is 3.76. The lowest BCUT2D eigenvalue weighted by atomic mass is 10.1. The van der Waals surface area contributed by atoms with Gasteiger partial charge in [-0.15, -0.1) is 0 Å². The van der Waals surface area contributed by atoms with Crippen molar-refractivity contribution in [1.82, 2.24) is 25.3 Å². The van der Waals surface area contributed by atoms with Crippen molar-refractivity contribution in [2.24, 2.45) is 21.6 Å². The summed E-state index contributed by atoms with van der Waals surface area (Å²) in [7, 11) is 0. The van der Waals surface area contributed by atoms with Crippen molar-refractivity contribution in [3.63, 3.8) is 0 Å². The van der Waals surface area contributed by atoms with Crippen molar-refractivity contribution in [2.45, 2.75) is 25.7 Å². The van der Waals surface area contributed by atoms with Gasteiger partial charge in [0.15, 0.2) is 11.6 Å². The lowest BCUT2D eigenvalue weighted by Crippen LogP contribution is -2.31. The number of nitrogens with zero attached hydrogens (tertiary/aromatic N) is 4. The number of imidazole rings is 2. The normalized spacial score (nSPS) is 17.3. The minimum atomic E-state index is 0.120. The van der Waals surface area contributed by atoms with E-state index < -0.39 is 0 Å². The summed E-state index contributed by atoms with van der Waals surface area (Å²) in [5.41, 5.74) is 12.7. The second-order valence-corrected chi connectivity index (χ2v) is 9.33. The molecule has 4 heterocycles. The molecule has 9 nitrogen and oxygen atoms in total. The van der Waals surface area contributed by atoms with Crippen LogP contribution in [0.2, 0.25) is 0 Å². The van der Waals surface area contributed by atoms with Gasteiger partial charge in [-0.1, -0.05) is 37.1 Å². The number of hydrogen-bond donors (Lipinski definition) is 4. The third kappa shape index (κ3) is 4.67. The Morgan fingerprint density at radius 3 is 1.97 bits per heavy atom. The number of carbonyl (C=O) groups is 1. The van der Waals surface area contributed by atoms with Gasteiger partial charge in [0.25, 0.3) is 0 Å². The van der Waals surface area contributed by atoms with Gasteiger partial charge in [0.1, 0.15) is 11.4 Å². The molecule has 186 valence electrons. The van der Waals surface area contributed by atoms with Crippen LogP contribution in [-0.4, -0.2) is 50.4 Å². The summed E-state index contributed by atoms with van der Waals surface area (Å²) in [5, 5.41) is 3.05. The highest BCUT2D eigenvalue weighted by atomic mass is 16.1. The minimum Gasteiger partial charge on any atom is -0.397 e. The summed E-state index contributed by atoms with van der Waals surface area (Å²) < 4.78 is 0. The zero-order valence-corrected chi connectivity index (χ0v) is 20.4. The first-order valence-electron chi connectivity index (χ1n) is 12.6. The number of para-hydroxylation sites is 4. The molecular formula is C28H28N8O. The number of aromatic nitrogens is 4. The number of fused-ring (bicyclic) bond motifs is 2. The largest absolute Gasteiger partial charge is 0.397 e. The van der Waals surface area contributed by atoms with Crippen molar-refractivity contribution in [3.05, 3.63) is 83.7 Å². The minimum absolute atomic E-state index is 0.120. The predicted molar refractivity (Wildman–Crippen MR) is 145 cm³/mol. The number of hydrogen-bond acceptors (Lipinski definition) is 6. The zero-order valence-electron chi connectivity index (χ0n) is 20.4. The fraction of sp³-hybridized carbons (Fsp3) is 0.250. The number of nitrogens with two attached hydrogens (primary N) is 1. The van der Waals surface area contributed by atoms with E-state index in [9.17, 15) is 4.79 Å². The maximum atomic E-state index is 12.3. The number of benzene rings is 2. The number of aliphatic imine (C=N–C) groups is 2. The Hall–Kier alpha value is -4.53. The summed E-state index contributed by atoms with van der Waals surface area (Å²) in [6.45, 7) is 1.24. The van der Waals surface area contributed by atoms with Gasteiger partial charge in [-0.2, -0.15) is 0 Å². The van der Waals surface area contributed by atoms with Crippen LogP contribution in [0.4, 0.5) is 0 Å². The number of allylic oxidation sites excluding steroid dienone is 2. The van der Waals surface area contributed by atoms with Crippen molar-refractivity contribution in [1.29, 1.82) is 0 Å². The maximum Gasteiger partial charge on any atom is 0.227 e. The number of amides is 1. The molecule has 2 aromatic carbocycles. The highest BCUT2D eigenvalue weighted by Gasteiger charge is 2.26. The van der Waals surface area contributed by atoms with Crippen LogP contribution in [0.25, 0.3) is 22.1 Å². The summed E-state index contributed by atoms with van der Waals surface area (Å²) >= 11 is 0. The van der Waals surface area contributed by atoms with E-state index in [-0.39, 0.29) is 11.8 Å². The Kier molecular flexibility index (Phi) is 6.10. The number of rotatable bonds is 4.